The maximum Gasteiger partial charge on any atom is 0.0323 e. The van der Waals surface area contributed by atoms with Crippen molar-refractivity contribution in [2.75, 3.05) is 0 Å². The van der Waals surface area contributed by atoms with Crippen molar-refractivity contribution in [3.8, 4) is 0 Å². The van der Waals surface area contributed by atoms with Gasteiger partial charge >= 0.3 is 0 Å². The molecule has 0 saturated heterocycles. The topological polar surface area (TPSA) is 26.0 Å². The molecule has 1 aromatic rings. The zero-order chi connectivity index (χ0) is 9.26. The van der Waals surface area contributed by atoms with Gasteiger partial charge in [-0.05, 0) is 36.5 Å². The van der Waals surface area contributed by atoms with Crippen molar-refractivity contribution in [3.05, 3.63) is 29.8 Å². The van der Waals surface area contributed by atoms with Crippen LogP contribution in [0.25, 0.3) is 0 Å². The van der Waals surface area contributed by atoms with Crippen molar-refractivity contribution in [1.29, 1.82) is 0 Å². The molecule has 0 bridgehead atoms. The van der Waals surface area contributed by atoms with E-state index in [4.69, 9.17) is 5.73 Å². The van der Waals surface area contributed by atoms with E-state index < -0.39 is 0 Å². The lowest BCUT2D eigenvalue weighted by Gasteiger charge is -2.31. The van der Waals surface area contributed by atoms with E-state index in [2.05, 4.69) is 24.8 Å². The van der Waals surface area contributed by atoms with Gasteiger partial charge in [-0.1, -0.05) is 18.6 Å². The van der Waals surface area contributed by atoms with Gasteiger partial charge in [0.2, 0.25) is 0 Å². The van der Waals surface area contributed by atoms with Gasteiger partial charge in [0.25, 0.3) is 0 Å². The molecule has 2 heteroatoms. The standard InChI is InChI=1S/C11H15NS/c12-11(8-3-1-4-8)9-5-2-6-10(13)7-9/h2,5-8,11,13H,1,3-4,12H2. The molecular weight excluding hydrogens is 178 g/mol. The quantitative estimate of drug-likeness (QED) is 0.694. The van der Waals surface area contributed by atoms with Crippen molar-refractivity contribution in [1.82, 2.24) is 0 Å². The first-order valence-corrected chi connectivity index (χ1v) is 5.26. The Morgan fingerprint density at radius 2 is 2.15 bits per heavy atom. The van der Waals surface area contributed by atoms with Crippen LogP contribution in [0.15, 0.2) is 29.2 Å². The van der Waals surface area contributed by atoms with Crippen LogP contribution in [0.4, 0.5) is 0 Å². The summed E-state index contributed by atoms with van der Waals surface area (Å²) in [5, 5.41) is 0. The van der Waals surface area contributed by atoms with Crippen molar-refractivity contribution in [3.63, 3.8) is 0 Å². The fraction of sp³-hybridized carbons (Fsp3) is 0.455. The molecule has 0 amide bonds. The van der Waals surface area contributed by atoms with Crippen molar-refractivity contribution in [2.24, 2.45) is 11.7 Å². The average Bonchev–Trinajstić information content (AvgIpc) is 2.01. The number of hydrogen-bond donors (Lipinski definition) is 2. The normalized spacial score (nSPS) is 19.5. The first-order valence-electron chi connectivity index (χ1n) is 4.82. The van der Waals surface area contributed by atoms with Gasteiger partial charge in [0.1, 0.15) is 0 Å². The van der Waals surface area contributed by atoms with E-state index in [9.17, 15) is 0 Å². The molecule has 2 rings (SSSR count). The second-order valence-electron chi connectivity index (χ2n) is 3.81. The maximum atomic E-state index is 6.14. The van der Waals surface area contributed by atoms with Gasteiger partial charge in [0, 0.05) is 10.9 Å². The predicted molar refractivity (Wildman–Crippen MR) is 58.0 cm³/mol. The van der Waals surface area contributed by atoms with Gasteiger partial charge in [-0.3, -0.25) is 0 Å². The van der Waals surface area contributed by atoms with E-state index in [0.717, 1.165) is 4.90 Å². The van der Waals surface area contributed by atoms with Crippen LogP contribution in [0.5, 0.6) is 0 Å². The molecule has 0 spiro atoms. The Morgan fingerprint density at radius 3 is 2.69 bits per heavy atom. The monoisotopic (exact) mass is 193 g/mol. The minimum Gasteiger partial charge on any atom is -0.324 e. The summed E-state index contributed by atoms with van der Waals surface area (Å²) in [6.07, 6.45) is 3.93. The Kier molecular flexibility index (Phi) is 2.61. The summed E-state index contributed by atoms with van der Waals surface area (Å²) < 4.78 is 0. The highest BCUT2D eigenvalue weighted by atomic mass is 32.1. The number of rotatable bonds is 2. The summed E-state index contributed by atoms with van der Waals surface area (Å²) in [5.41, 5.74) is 7.37. The van der Waals surface area contributed by atoms with Crippen molar-refractivity contribution in [2.45, 2.75) is 30.2 Å². The number of nitrogens with two attached hydrogens (primary N) is 1. The summed E-state index contributed by atoms with van der Waals surface area (Å²) in [6.45, 7) is 0. The first-order chi connectivity index (χ1) is 6.27. The van der Waals surface area contributed by atoms with Gasteiger partial charge in [-0.15, -0.1) is 12.6 Å². The molecular formula is C11H15NS. The lowest BCUT2D eigenvalue weighted by Crippen LogP contribution is -2.26. The van der Waals surface area contributed by atoms with Gasteiger partial charge in [-0.25, -0.2) is 0 Å². The van der Waals surface area contributed by atoms with Crippen LogP contribution >= 0.6 is 12.6 Å². The molecule has 0 radical (unpaired) electrons. The Bertz CT molecular complexity index is 294. The highest BCUT2D eigenvalue weighted by Crippen LogP contribution is 2.36. The van der Waals surface area contributed by atoms with Crippen LogP contribution in [0.3, 0.4) is 0 Å². The van der Waals surface area contributed by atoms with Gasteiger partial charge in [0.05, 0.1) is 0 Å². The summed E-state index contributed by atoms with van der Waals surface area (Å²) in [4.78, 5) is 1.01. The Balaban J connectivity index is 2.14. The molecule has 1 nitrogen and oxygen atoms in total. The zero-order valence-corrected chi connectivity index (χ0v) is 8.50. The molecule has 1 fully saturated rings. The van der Waals surface area contributed by atoms with Crippen LogP contribution in [0.1, 0.15) is 30.9 Å². The molecule has 1 unspecified atom stereocenters. The summed E-state index contributed by atoms with van der Waals surface area (Å²) in [5.74, 6) is 0.704. The second-order valence-corrected chi connectivity index (χ2v) is 4.33. The Labute approximate surface area is 84.7 Å². The third-order valence-electron chi connectivity index (χ3n) is 2.91. The molecule has 1 atom stereocenters. The Morgan fingerprint density at radius 1 is 1.38 bits per heavy atom. The molecule has 0 aliphatic heterocycles. The SMILES string of the molecule is NC(c1cccc(S)c1)C1CCC1. The molecule has 0 aromatic heterocycles. The predicted octanol–water partition coefficient (Wildman–Crippen LogP) is 2.78. The number of hydrogen-bond acceptors (Lipinski definition) is 2. The van der Waals surface area contributed by atoms with Gasteiger partial charge in [0.15, 0.2) is 0 Å². The summed E-state index contributed by atoms with van der Waals surface area (Å²) in [6, 6.07) is 8.41. The summed E-state index contributed by atoms with van der Waals surface area (Å²) >= 11 is 4.31. The van der Waals surface area contributed by atoms with E-state index in [0.29, 0.717) is 5.92 Å². The van der Waals surface area contributed by atoms with Crippen LogP contribution in [-0.2, 0) is 0 Å². The average molecular weight is 193 g/mol. The van der Waals surface area contributed by atoms with Gasteiger partial charge < -0.3 is 5.73 Å². The van der Waals surface area contributed by atoms with E-state index in [1.165, 1.54) is 24.8 Å². The molecule has 1 aliphatic rings. The second kappa shape index (κ2) is 3.72. The maximum absolute atomic E-state index is 6.14. The van der Waals surface area contributed by atoms with Crippen LogP contribution in [0.2, 0.25) is 0 Å². The molecule has 13 heavy (non-hydrogen) atoms. The number of thiol groups is 1. The van der Waals surface area contributed by atoms with Gasteiger partial charge in [-0.2, -0.15) is 0 Å². The van der Waals surface area contributed by atoms with E-state index in [1.54, 1.807) is 0 Å². The van der Waals surface area contributed by atoms with Crippen LogP contribution < -0.4 is 5.73 Å². The van der Waals surface area contributed by atoms with Crippen molar-refractivity contribution < 1.29 is 0 Å². The molecule has 1 aliphatic carbocycles. The smallest absolute Gasteiger partial charge is 0.0323 e. The highest BCUT2D eigenvalue weighted by Gasteiger charge is 2.25. The van der Waals surface area contributed by atoms with E-state index >= 15 is 0 Å². The third kappa shape index (κ3) is 1.89. The third-order valence-corrected chi connectivity index (χ3v) is 3.19. The fourth-order valence-electron chi connectivity index (χ4n) is 1.80. The lowest BCUT2D eigenvalue weighted by atomic mass is 9.78. The Hall–Kier alpha value is -0.470. The molecule has 2 N–H and O–H groups in total. The first kappa shape index (κ1) is 9.10. The molecule has 1 aromatic carbocycles. The highest BCUT2D eigenvalue weighted by molar-refractivity contribution is 7.80. The van der Waals surface area contributed by atoms with Crippen molar-refractivity contribution >= 4 is 12.6 Å². The van der Waals surface area contributed by atoms with E-state index in [-0.39, 0.29) is 6.04 Å². The lowest BCUT2D eigenvalue weighted by molar-refractivity contribution is 0.264. The minimum absolute atomic E-state index is 0.223. The van der Waals surface area contributed by atoms with E-state index in [1.807, 2.05) is 12.1 Å². The minimum atomic E-state index is 0.223. The summed E-state index contributed by atoms with van der Waals surface area (Å²) in [7, 11) is 0. The fourth-order valence-corrected chi connectivity index (χ4v) is 2.04. The number of benzene rings is 1. The largest absolute Gasteiger partial charge is 0.324 e. The molecule has 0 heterocycles. The molecule has 70 valence electrons. The zero-order valence-electron chi connectivity index (χ0n) is 7.61. The van der Waals surface area contributed by atoms with Crippen LogP contribution in [-0.4, -0.2) is 0 Å². The molecule has 1 saturated carbocycles. The van der Waals surface area contributed by atoms with Crippen LogP contribution in [0, 0.1) is 5.92 Å².